The van der Waals surface area contributed by atoms with Gasteiger partial charge in [0.25, 0.3) is 0 Å². The second-order valence-electron chi connectivity index (χ2n) is 1.91. The molecule has 0 heterocycles. The van der Waals surface area contributed by atoms with E-state index in [9.17, 15) is 0 Å². The highest BCUT2D eigenvalue weighted by Gasteiger charge is 1.92. The monoisotopic (exact) mass is 129 g/mol. The molecule has 1 atom stereocenters. The van der Waals surface area contributed by atoms with Crippen molar-refractivity contribution in [3.8, 4) is 0 Å². The zero-order chi connectivity index (χ0) is 6.41. The lowest BCUT2D eigenvalue weighted by Gasteiger charge is -2.00. The summed E-state index contributed by atoms with van der Waals surface area (Å²) >= 11 is 1.65. The lowest BCUT2D eigenvalue weighted by molar-refractivity contribution is 0.708. The van der Waals surface area contributed by atoms with Crippen LogP contribution in [-0.4, -0.2) is 5.75 Å². The van der Waals surface area contributed by atoms with E-state index in [1.54, 1.807) is 11.8 Å². The first kappa shape index (κ1) is 8.09. The van der Waals surface area contributed by atoms with Crippen molar-refractivity contribution in [3.63, 3.8) is 0 Å². The molecule has 0 saturated carbocycles. The largest absolute Gasteiger partial charge is 0.161 e. The van der Waals surface area contributed by atoms with Gasteiger partial charge in [0, 0.05) is 6.26 Å². The van der Waals surface area contributed by atoms with Crippen molar-refractivity contribution in [3.05, 3.63) is 18.9 Å². The smallest absolute Gasteiger partial charge is 0.00235 e. The first-order valence-corrected chi connectivity index (χ1v) is 3.96. The molecule has 1 radical (unpaired) electrons. The molecule has 1 heteroatoms. The zero-order valence-electron chi connectivity index (χ0n) is 5.39. The fourth-order valence-corrected chi connectivity index (χ4v) is 0.926. The standard InChI is InChI=1S/C7H13S/c1-4-7(2)5-6-8-3/h4,7H,1,3,5-6H2,2H3. The molecule has 0 aliphatic rings. The summed E-state index contributed by atoms with van der Waals surface area (Å²) in [4.78, 5) is 0. The van der Waals surface area contributed by atoms with E-state index in [1.165, 1.54) is 6.42 Å². The van der Waals surface area contributed by atoms with Gasteiger partial charge in [-0.05, 0) is 18.1 Å². The summed E-state index contributed by atoms with van der Waals surface area (Å²) in [5, 5.41) is 0. The van der Waals surface area contributed by atoms with E-state index >= 15 is 0 Å². The minimum atomic E-state index is 0.657. The van der Waals surface area contributed by atoms with Gasteiger partial charge in [-0.3, -0.25) is 0 Å². The van der Waals surface area contributed by atoms with Crippen LogP contribution in [0.15, 0.2) is 12.7 Å². The van der Waals surface area contributed by atoms with Crippen LogP contribution in [0.3, 0.4) is 0 Å². The van der Waals surface area contributed by atoms with Crippen LogP contribution in [0.1, 0.15) is 13.3 Å². The quantitative estimate of drug-likeness (QED) is 0.526. The summed E-state index contributed by atoms with van der Waals surface area (Å²) in [7, 11) is 0. The molecule has 0 aliphatic carbocycles. The summed E-state index contributed by atoms with van der Waals surface area (Å²) < 4.78 is 0. The number of allylic oxidation sites excluding steroid dienone is 1. The van der Waals surface area contributed by atoms with Crippen LogP contribution in [-0.2, 0) is 0 Å². The van der Waals surface area contributed by atoms with Crippen molar-refractivity contribution >= 4 is 11.8 Å². The lowest BCUT2D eigenvalue weighted by Crippen LogP contribution is -1.89. The van der Waals surface area contributed by atoms with Crippen LogP contribution in [0.25, 0.3) is 0 Å². The van der Waals surface area contributed by atoms with Gasteiger partial charge in [0.05, 0.1) is 0 Å². The Morgan fingerprint density at radius 3 is 2.75 bits per heavy atom. The predicted octanol–water partition coefficient (Wildman–Crippen LogP) is 2.72. The van der Waals surface area contributed by atoms with Crippen LogP contribution >= 0.6 is 11.8 Å². The highest BCUT2D eigenvalue weighted by atomic mass is 32.2. The molecule has 0 amide bonds. The number of hydrogen-bond donors (Lipinski definition) is 0. The molecule has 0 aromatic heterocycles. The summed E-state index contributed by atoms with van der Waals surface area (Å²) in [6, 6.07) is 0. The van der Waals surface area contributed by atoms with Gasteiger partial charge in [0.15, 0.2) is 0 Å². The van der Waals surface area contributed by atoms with Crippen LogP contribution in [0.5, 0.6) is 0 Å². The second kappa shape index (κ2) is 5.23. The Balaban J connectivity index is 2.98. The number of hydrogen-bond acceptors (Lipinski definition) is 1. The van der Waals surface area contributed by atoms with Crippen molar-refractivity contribution < 1.29 is 0 Å². The first-order chi connectivity index (χ1) is 3.81. The molecular formula is C7H13S. The Labute approximate surface area is 56.4 Å². The average molecular weight is 129 g/mol. The molecule has 0 N–H and O–H groups in total. The van der Waals surface area contributed by atoms with E-state index in [0.717, 1.165) is 5.75 Å². The number of thioether (sulfide) groups is 1. The molecule has 1 unspecified atom stereocenters. The van der Waals surface area contributed by atoms with Gasteiger partial charge in [-0.25, -0.2) is 0 Å². The maximum atomic E-state index is 3.68. The SMILES string of the molecule is [CH2]SCCC(C)C=C. The molecule has 0 aliphatic heterocycles. The van der Waals surface area contributed by atoms with Crippen molar-refractivity contribution in [1.82, 2.24) is 0 Å². The van der Waals surface area contributed by atoms with Crippen molar-refractivity contribution in [2.45, 2.75) is 13.3 Å². The molecule has 0 rings (SSSR count). The van der Waals surface area contributed by atoms with Gasteiger partial charge in [0.1, 0.15) is 0 Å². The maximum absolute atomic E-state index is 3.68. The molecule has 0 nitrogen and oxygen atoms in total. The van der Waals surface area contributed by atoms with Gasteiger partial charge < -0.3 is 0 Å². The molecule has 8 heavy (non-hydrogen) atoms. The summed E-state index contributed by atoms with van der Waals surface area (Å²) in [5.74, 6) is 1.80. The van der Waals surface area contributed by atoms with Crippen molar-refractivity contribution in [2.75, 3.05) is 5.75 Å². The Hall–Kier alpha value is 0.0900. The molecule has 47 valence electrons. The van der Waals surface area contributed by atoms with Gasteiger partial charge in [-0.2, -0.15) is 11.8 Å². The van der Waals surface area contributed by atoms with Crippen LogP contribution in [0, 0.1) is 12.2 Å². The van der Waals surface area contributed by atoms with Crippen molar-refractivity contribution in [2.24, 2.45) is 5.92 Å². The van der Waals surface area contributed by atoms with E-state index in [4.69, 9.17) is 0 Å². The summed E-state index contributed by atoms with van der Waals surface area (Å²) in [6.07, 6.45) is 6.86. The van der Waals surface area contributed by atoms with Gasteiger partial charge in [-0.15, -0.1) is 6.58 Å². The third kappa shape index (κ3) is 4.25. The van der Waals surface area contributed by atoms with E-state index in [2.05, 4.69) is 19.8 Å². The second-order valence-corrected chi connectivity index (χ2v) is 2.73. The van der Waals surface area contributed by atoms with Crippen LogP contribution in [0.4, 0.5) is 0 Å². The van der Waals surface area contributed by atoms with Crippen LogP contribution in [0.2, 0.25) is 0 Å². The van der Waals surface area contributed by atoms with Gasteiger partial charge in [0.2, 0.25) is 0 Å². The summed E-state index contributed by atoms with van der Waals surface area (Å²) in [6.45, 7) is 5.85. The minimum absolute atomic E-state index is 0.657. The molecule has 0 saturated heterocycles. The Morgan fingerprint density at radius 1 is 1.75 bits per heavy atom. The Kier molecular flexibility index (Phi) is 5.29. The van der Waals surface area contributed by atoms with E-state index < -0.39 is 0 Å². The topological polar surface area (TPSA) is 0 Å². The molecule has 0 aromatic rings. The van der Waals surface area contributed by atoms with Crippen LogP contribution < -0.4 is 0 Å². The van der Waals surface area contributed by atoms with Crippen molar-refractivity contribution in [1.29, 1.82) is 0 Å². The number of rotatable bonds is 4. The molecule has 0 aromatic carbocycles. The third-order valence-corrected chi connectivity index (χ3v) is 1.64. The average Bonchev–Trinajstić information content (AvgIpc) is 1.83. The highest BCUT2D eigenvalue weighted by molar-refractivity contribution is 8.00. The fraction of sp³-hybridized carbons (Fsp3) is 0.571. The van der Waals surface area contributed by atoms with E-state index in [1.807, 2.05) is 6.08 Å². The maximum Gasteiger partial charge on any atom is 0.00235 e. The molecule has 0 bridgehead atoms. The van der Waals surface area contributed by atoms with Gasteiger partial charge >= 0.3 is 0 Å². The van der Waals surface area contributed by atoms with E-state index in [-0.39, 0.29) is 0 Å². The first-order valence-electron chi connectivity index (χ1n) is 2.80. The zero-order valence-corrected chi connectivity index (χ0v) is 6.21. The summed E-state index contributed by atoms with van der Waals surface area (Å²) in [5.41, 5.74) is 0. The van der Waals surface area contributed by atoms with Gasteiger partial charge in [-0.1, -0.05) is 13.0 Å². The third-order valence-electron chi connectivity index (χ3n) is 1.12. The fourth-order valence-electron chi connectivity index (χ4n) is 0.387. The highest BCUT2D eigenvalue weighted by Crippen LogP contribution is 2.07. The van der Waals surface area contributed by atoms with E-state index in [0.29, 0.717) is 5.92 Å². The predicted molar refractivity (Wildman–Crippen MR) is 41.8 cm³/mol. The Morgan fingerprint density at radius 2 is 2.38 bits per heavy atom. The minimum Gasteiger partial charge on any atom is -0.161 e. The normalized spacial score (nSPS) is 13.2. The lowest BCUT2D eigenvalue weighted by atomic mass is 10.1. The Bertz CT molecular complexity index is 59.4. The molecule has 0 spiro atoms. The molecular weight excluding hydrogens is 116 g/mol. The molecule has 0 fully saturated rings.